The fourth-order valence-electron chi connectivity index (χ4n) is 1.29. The van der Waals surface area contributed by atoms with E-state index in [2.05, 4.69) is 9.72 Å². The van der Waals surface area contributed by atoms with Gasteiger partial charge in [-0.3, -0.25) is 4.79 Å². The molecule has 0 atom stereocenters. The quantitative estimate of drug-likeness (QED) is 0.593. The van der Waals surface area contributed by atoms with Gasteiger partial charge in [0.25, 0.3) is 6.43 Å². The Hall–Kier alpha value is -1.59. The number of carbonyl (C=O) groups excluding carboxylic acids is 1. The fourth-order valence-corrected chi connectivity index (χ4v) is 1.29. The largest absolute Gasteiger partial charge is 0.469 e. The van der Waals surface area contributed by atoms with Gasteiger partial charge in [0.15, 0.2) is 0 Å². The molecule has 0 unspecified atom stereocenters. The SMILES string of the molecule is COC(=O)Cc1cnc(F)c(C(F)F)c1C. The Morgan fingerprint density at radius 2 is 2.19 bits per heavy atom. The Morgan fingerprint density at radius 3 is 2.69 bits per heavy atom. The lowest BCUT2D eigenvalue weighted by atomic mass is 10.0. The number of halogens is 3. The normalized spacial score (nSPS) is 10.6. The lowest BCUT2D eigenvalue weighted by Crippen LogP contribution is -2.09. The molecule has 0 saturated heterocycles. The molecule has 0 aliphatic carbocycles. The minimum atomic E-state index is -2.95. The van der Waals surface area contributed by atoms with Crippen LogP contribution in [0.3, 0.4) is 0 Å². The highest BCUT2D eigenvalue weighted by molar-refractivity contribution is 5.72. The third kappa shape index (κ3) is 2.50. The average Bonchev–Trinajstić information content (AvgIpc) is 2.21. The van der Waals surface area contributed by atoms with Crippen LogP contribution in [0.4, 0.5) is 13.2 Å². The first-order chi connectivity index (χ1) is 7.47. The van der Waals surface area contributed by atoms with Crippen molar-refractivity contribution in [2.45, 2.75) is 19.8 Å². The first kappa shape index (κ1) is 12.5. The highest BCUT2D eigenvalue weighted by Gasteiger charge is 2.20. The minimum Gasteiger partial charge on any atom is -0.469 e. The zero-order valence-corrected chi connectivity index (χ0v) is 8.76. The number of ether oxygens (including phenoxy) is 1. The zero-order chi connectivity index (χ0) is 12.3. The summed E-state index contributed by atoms with van der Waals surface area (Å²) in [6, 6.07) is 0. The van der Waals surface area contributed by atoms with Crippen LogP contribution < -0.4 is 0 Å². The van der Waals surface area contributed by atoms with Crippen molar-refractivity contribution in [1.29, 1.82) is 0 Å². The maximum absolute atomic E-state index is 13.0. The molecule has 1 rings (SSSR count). The number of alkyl halides is 2. The molecule has 6 heteroatoms. The molecule has 3 nitrogen and oxygen atoms in total. The van der Waals surface area contributed by atoms with E-state index in [9.17, 15) is 18.0 Å². The van der Waals surface area contributed by atoms with Crippen LogP contribution in [0.5, 0.6) is 0 Å². The van der Waals surface area contributed by atoms with E-state index in [0.29, 0.717) is 0 Å². The first-order valence-electron chi connectivity index (χ1n) is 4.46. The number of carbonyl (C=O) groups is 1. The summed E-state index contributed by atoms with van der Waals surface area (Å²) in [6.45, 7) is 1.32. The molecule has 0 fully saturated rings. The van der Waals surface area contributed by atoms with E-state index in [0.717, 1.165) is 6.20 Å². The number of pyridine rings is 1. The van der Waals surface area contributed by atoms with Gasteiger partial charge in [-0.15, -0.1) is 0 Å². The predicted octanol–water partition coefficient (Wildman–Crippen LogP) is 2.18. The lowest BCUT2D eigenvalue weighted by molar-refractivity contribution is -0.139. The molecule has 16 heavy (non-hydrogen) atoms. The van der Waals surface area contributed by atoms with Crippen LogP contribution in [0.1, 0.15) is 23.1 Å². The van der Waals surface area contributed by atoms with E-state index in [-0.39, 0.29) is 17.5 Å². The fraction of sp³-hybridized carbons (Fsp3) is 0.400. The summed E-state index contributed by atoms with van der Waals surface area (Å²) in [5.41, 5.74) is -0.488. The van der Waals surface area contributed by atoms with E-state index in [1.54, 1.807) is 0 Å². The molecule has 0 bridgehead atoms. The highest BCUT2D eigenvalue weighted by atomic mass is 19.3. The number of nitrogens with zero attached hydrogens (tertiary/aromatic N) is 1. The topological polar surface area (TPSA) is 39.2 Å². The van der Waals surface area contributed by atoms with Crippen molar-refractivity contribution in [3.63, 3.8) is 0 Å². The Kier molecular flexibility index (Phi) is 3.87. The molecule has 0 amide bonds. The molecule has 0 saturated carbocycles. The Labute approximate surface area is 90.2 Å². The van der Waals surface area contributed by atoms with Gasteiger partial charge in [-0.2, -0.15) is 4.39 Å². The summed E-state index contributed by atoms with van der Waals surface area (Å²) in [5.74, 6) is -1.79. The van der Waals surface area contributed by atoms with Crippen molar-refractivity contribution in [3.8, 4) is 0 Å². The lowest BCUT2D eigenvalue weighted by Gasteiger charge is -2.10. The van der Waals surface area contributed by atoms with E-state index in [1.807, 2.05) is 0 Å². The molecule has 0 aliphatic rings. The van der Waals surface area contributed by atoms with Crippen molar-refractivity contribution in [2.75, 3.05) is 7.11 Å². The van der Waals surface area contributed by atoms with Gasteiger partial charge in [0.1, 0.15) is 0 Å². The Bertz CT molecular complexity index is 407. The van der Waals surface area contributed by atoms with Crippen LogP contribution in [-0.2, 0) is 16.0 Å². The molecule has 0 aliphatic heterocycles. The summed E-state index contributed by atoms with van der Waals surface area (Å²) >= 11 is 0. The maximum atomic E-state index is 13.0. The van der Waals surface area contributed by atoms with Gasteiger partial charge in [0.2, 0.25) is 5.95 Å². The summed E-state index contributed by atoms with van der Waals surface area (Å²) in [4.78, 5) is 14.2. The smallest absolute Gasteiger partial charge is 0.310 e. The van der Waals surface area contributed by atoms with Gasteiger partial charge in [-0.05, 0) is 18.1 Å². The second kappa shape index (κ2) is 4.96. The molecule has 1 aromatic rings. The number of hydrogen-bond acceptors (Lipinski definition) is 3. The molecule has 88 valence electrons. The summed E-state index contributed by atoms with van der Waals surface area (Å²) < 4.78 is 42.4. The van der Waals surface area contributed by atoms with E-state index in [1.165, 1.54) is 14.0 Å². The van der Waals surface area contributed by atoms with Crippen molar-refractivity contribution >= 4 is 5.97 Å². The molecule has 0 N–H and O–H groups in total. The van der Waals surface area contributed by atoms with Crippen LogP contribution in [-0.4, -0.2) is 18.1 Å². The molecular formula is C10H10F3NO2. The van der Waals surface area contributed by atoms with Crippen LogP contribution in [0.15, 0.2) is 6.20 Å². The molecule has 0 spiro atoms. The van der Waals surface area contributed by atoms with Crippen LogP contribution in [0.25, 0.3) is 0 Å². The van der Waals surface area contributed by atoms with Crippen molar-refractivity contribution < 1.29 is 22.7 Å². The van der Waals surface area contributed by atoms with Crippen LogP contribution >= 0.6 is 0 Å². The van der Waals surface area contributed by atoms with Crippen molar-refractivity contribution in [2.24, 2.45) is 0 Å². The summed E-state index contributed by atoms with van der Waals surface area (Å²) in [7, 11) is 1.18. The minimum absolute atomic E-state index is 0.0351. The Balaban J connectivity index is 3.13. The maximum Gasteiger partial charge on any atom is 0.310 e. The van der Waals surface area contributed by atoms with Gasteiger partial charge >= 0.3 is 5.97 Å². The molecule has 1 heterocycles. The Morgan fingerprint density at radius 1 is 1.56 bits per heavy atom. The highest BCUT2D eigenvalue weighted by Crippen LogP contribution is 2.26. The number of esters is 1. The standard InChI is InChI=1S/C10H10F3NO2/c1-5-6(3-7(15)16-2)4-14-10(13)8(5)9(11)12/h4,9H,3H2,1-2H3. The van der Waals surface area contributed by atoms with Crippen LogP contribution in [0.2, 0.25) is 0 Å². The van der Waals surface area contributed by atoms with Crippen molar-refractivity contribution in [3.05, 3.63) is 28.8 Å². The van der Waals surface area contributed by atoms with E-state index < -0.39 is 23.9 Å². The second-order valence-corrected chi connectivity index (χ2v) is 3.17. The van der Waals surface area contributed by atoms with Crippen molar-refractivity contribution in [1.82, 2.24) is 4.98 Å². The van der Waals surface area contributed by atoms with Crippen LogP contribution in [0, 0.1) is 12.9 Å². The van der Waals surface area contributed by atoms with E-state index >= 15 is 0 Å². The van der Waals surface area contributed by atoms with Gasteiger partial charge in [-0.25, -0.2) is 13.8 Å². The molecular weight excluding hydrogens is 223 g/mol. The van der Waals surface area contributed by atoms with Gasteiger partial charge < -0.3 is 4.74 Å². The third-order valence-electron chi connectivity index (χ3n) is 2.22. The summed E-state index contributed by atoms with van der Waals surface area (Å²) in [5, 5.41) is 0. The van der Waals surface area contributed by atoms with E-state index in [4.69, 9.17) is 0 Å². The van der Waals surface area contributed by atoms with Gasteiger partial charge in [0, 0.05) is 6.20 Å². The van der Waals surface area contributed by atoms with Gasteiger partial charge in [0.05, 0.1) is 19.1 Å². The second-order valence-electron chi connectivity index (χ2n) is 3.17. The first-order valence-corrected chi connectivity index (χ1v) is 4.46. The summed E-state index contributed by atoms with van der Waals surface area (Å²) in [6.07, 6.45) is -2.09. The monoisotopic (exact) mass is 233 g/mol. The average molecular weight is 233 g/mol. The molecule has 0 radical (unpaired) electrons. The predicted molar refractivity (Wildman–Crippen MR) is 49.6 cm³/mol. The van der Waals surface area contributed by atoms with Gasteiger partial charge in [-0.1, -0.05) is 0 Å². The third-order valence-corrected chi connectivity index (χ3v) is 2.22. The number of aromatic nitrogens is 1. The zero-order valence-electron chi connectivity index (χ0n) is 8.76. The molecule has 0 aromatic carbocycles. The number of rotatable bonds is 3. The molecule has 1 aromatic heterocycles. The number of hydrogen-bond donors (Lipinski definition) is 0. The number of methoxy groups -OCH3 is 1.